The maximum atomic E-state index is 8.94. The molecule has 0 saturated carbocycles. The summed E-state index contributed by atoms with van der Waals surface area (Å²) in [6, 6.07) is 0. The third-order valence-corrected chi connectivity index (χ3v) is 0.102. The maximum Gasteiger partial charge on any atom is 2.00 e. The summed E-state index contributed by atoms with van der Waals surface area (Å²) < 4.78 is 0. The van der Waals surface area contributed by atoms with Crippen molar-refractivity contribution in [1.29, 1.82) is 0 Å². The van der Waals surface area contributed by atoms with Crippen LogP contribution in [-0.4, -0.2) is 13.5 Å². The molecule has 0 spiro atoms. The number of hydrogen-bond acceptors (Lipinski definition) is 1. The van der Waals surface area contributed by atoms with E-state index in [4.69, 9.17) is 4.79 Å². The van der Waals surface area contributed by atoms with E-state index in [0.717, 1.165) is 0 Å². The van der Waals surface area contributed by atoms with Crippen molar-refractivity contribution in [2.24, 2.45) is 0 Å². The van der Waals surface area contributed by atoms with Crippen molar-refractivity contribution in [3.8, 4) is 0 Å². The standard InChI is InChI=1S/C2H4NO.CH3.W/c1-3-2-4;;/h1H3,(H,3,4);1H3;/q2*-1;+2. The third-order valence-electron chi connectivity index (χ3n) is 0.102. The van der Waals surface area contributed by atoms with Crippen molar-refractivity contribution in [1.82, 2.24) is 5.32 Å². The minimum atomic E-state index is 0. The molecule has 3 heteroatoms. The average molecular weight is 257 g/mol. The van der Waals surface area contributed by atoms with E-state index in [9.17, 15) is 0 Å². The fraction of sp³-hybridized carbons (Fsp3) is 0.333. The topological polar surface area (TPSA) is 29.1 Å². The van der Waals surface area contributed by atoms with Gasteiger partial charge in [-0.25, -0.2) is 0 Å². The van der Waals surface area contributed by atoms with Crippen molar-refractivity contribution in [2.75, 3.05) is 7.05 Å². The second-order valence-electron chi connectivity index (χ2n) is 0.352. The molecule has 0 saturated heterocycles. The largest absolute Gasteiger partial charge is 2.00 e. The molecule has 6 heavy (non-hydrogen) atoms. The van der Waals surface area contributed by atoms with E-state index in [-0.39, 0.29) is 28.5 Å². The van der Waals surface area contributed by atoms with Crippen LogP contribution >= 0.6 is 0 Å². The molecule has 0 unspecified atom stereocenters. The van der Waals surface area contributed by atoms with Crippen molar-refractivity contribution in [2.45, 2.75) is 0 Å². The molecule has 36 valence electrons. The second-order valence-corrected chi connectivity index (χ2v) is 0.352. The summed E-state index contributed by atoms with van der Waals surface area (Å²) in [5.74, 6) is 0. The van der Waals surface area contributed by atoms with E-state index in [1.165, 1.54) is 13.5 Å². The fourth-order valence-electron chi connectivity index (χ4n) is 0. The monoisotopic (exact) mass is 257 g/mol. The molecule has 0 bridgehead atoms. The van der Waals surface area contributed by atoms with Crippen LogP contribution in [0.25, 0.3) is 0 Å². The molecule has 2 nitrogen and oxygen atoms in total. The van der Waals surface area contributed by atoms with Gasteiger partial charge in [-0.3, -0.25) is 0 Å². The van der Waals surface area contributed by atoms with Crippen LogP contribution in [0.5, 0.6) is 0 Å². The van der Waals surface area contributed by atoms with Crippen LogP contribution in [0.4, 0.5) is 0 Å². The van der Waals surface area contributed by atoms with E-state index in [0.29, 0.717) is 0 Å². The van der Waals surface area contributed by atoms with Gasteiger partial charge < -0.3 is 17.5 Å². The minimum Gasteiger partial charge on any atom is -0.532 e. The van der Waals surface area contributed by atoms with E-state index < -0.39 is 0 Å². The zero-order valence-electron chi connectivity index (χ0n) is 3.82. The third kappa shape index (κ3) is 30.9. The maximum absolute atomic E-state index is 8.94. The Balaban J connectivity index is -0.0000000450. The van der Waals surface area contributed by atoms with Crippen molar-refractivity contribution in [3.63, 3.8) is 0 Å². The fourth-order valence-corrected chi connectivity index (χ4v) is 0. The first-order chi connectivity index (χ1) is 1.91. The van der Waals surface area contributed by atoms with Crippen LogP contribution in [0.1, 0.15) is 0 Å². The van der Waals surface area contributed by atoms with Gasteiger partial charge >= 0.3 is 21.1 Å². The van der Waals surface area contributed by atoms with Gasteiger partial charge in [0.2, 0.25) is 0 Å². The SMILES string of the molecule is CN[C-]=O.[CH3-].[W+2]. The Hall–Kier alpha value is 0.158. The van der Waals surface area contributed by atoms with E-state index >= 15 is 0 Å². The van der Waals surface area contributed by atoms with Gasteiger partial charge in [0.1, 0.15) is 0 Å². The average Bonchev–Trinajstić information content (AvgIpc) is 1.37. The molecule has 0 aliphatic carbocycles. The Labute approximate surface area is 52.6 Å². The van der Waals surface area contributed by atoms with Crippen molar-refractivity contribution in [3.05, 3.63) is 7.43 Å². The van der Waals surface area contributed by atoms with Gasteiger partial charge in [-0.1, -0.05) is 0 Å². The molecule has 0 aliphatic heterocycles. The van der Waals surface area contributed by atoms with E-state index in [2.05, 4.69) is 5.32 Å². The number of amides is 1. The van der Waals surface area contributed by atoms with Crippen LogP contribution in [-0.2, 0) is 25.9 Å². The molecule has 0 radical (unpaired) electrons. The number of nitrogens with one attached hydrogen (secondary N) is 1. The van der Waals surface area contributed by atoms with Crippen LogP contribution in [0.2, 0.25) is 0 Å². The molecule has 0 aromatic heterocycles. The molecular weight excluding hydrogens is 250 g/mol. The van der Waals surface area contributed by atoms with Gasteiger partial charge in [-0.05, 0) is 7.05 Å². The molecule has 0 atom stereocenters. The summed E-state index contributed by atoms with van der Waals surface area (Å²) in [7, 11) is 1.51. The molecule has 1 amide bonds. The molecule has 0 aromatic carbocycles. The molecule has 0 rings (SSSR count). The summed E-state index contributed by atoms with van der Waals surface area (Å²) >= 11 is 0. The van der Waals surface area contributed by atoms with Gasteiger partial charge in [-0.2, -0.15) is 6.41 Å². The van der Waals surface area contributed by atoms with E-state index in [1.54, 1.807) is 0 Å². The summed E-state index contributed by atoms with van der Waals surface area (Å²) in [6.45, 7) is 0. The van der Waals surface area contributed by atoms with Crippen LogP contribution in [0, 0.1) is 7.43 Å². The van der Waals surface area contributed by atoms with Crippen LogP contribution in [0.15, 0.2) is 0 Å². The van der Waals surface area contributed by atoms with Crippen molar-refractivity contribution < 1.29 is 25.9 Å². The predicted octanol–water partition coefficient (Wildman–Crippen LogP) is -0.279. The van der Waals surface area contributed by atoms with Gasteiger partial charge in [0.25, 0.3) is 0 Å². The van der Waals surface area contributed by atoms with E-state index in [1.807, 2.05) is 0 Å². The summed E-state index contributed by atoms with van der Waals surface area (Å²) in [5.41, 5.74) is 0. The first-order valence-electron chi connectivity index (χ1n) is 0.954. The van der Waals surface area contributed by atoms with Gasteiger partial charge in [0.15, 0.2) is 0 Å². The normalized spacial score (nSPS) is 3.50. The van der Waals surface area contributed by atoms with Crippen LogP contribution < -0.4 is 5.32 Å². The Morgan fingerprint density at radius 1 is 1.67 bits per heavy atom. The first-order valence-corrected chi connectivity index (χ1v) is 0.954. The van der Waals surface area contributed by atoms with Gasteiger partial charge in [0, 0.05) is 0 Å². The zero-order valence-corrected chi connectivity index (χ0v) is 6.75. The summed E-state index contributed by atoms with van der Waals surface area (Å²) in [4.78, 5) is 8.94. The first kappa shape index (κ1) is 16.4. The Kier molecular flexibility index (Phi) is 52.4. The molecule has 0 aromatic rings. The van der Waals surface area contributed by atoms with Crippen molar-refractivity contribution >= 4 is 6.41 Å². The Bertz CT molecular complexity index is 24.8. The summed E-state index contributed by atoms with van der Waals surface area (Å²) in [6.07, 6.45) is 1.43. The Morgan fingerprint density at radius 3 is 1.83 bits per heavy atom. The summed E-state index contributed by atoms with van der Waals surface area (Å²) in [5, 5.41) is 2.12. The molecule has 0 heterocycles. The second kappa shape index (κ2) is 19.1. The van der Waals surface area contributed by atoms with Gasteiger partial charge in [0.05, 0.1) is 0 Å². The number of carbonyl (C=O) groups excluding carboxylic acids is 1. The van der Waals surface area contributed by atoms with Gasteiger partial charge in [-0.15, -0.1) is 0 Å². The zero-order chi connectivity index (χ0) is 3.41. The number of rotatable bonds is 1. The quantitative estimate of drug-likeness (QED) is 0.508. The number of hydrogen-bond donors (Lipinski definition) is 1. The minimum absolute atomic E-state index is 0. The molecule has 1 N–H and O–H groups in total. The Morgan fingerprint density at radius 2 is 1.83 bits per heavy atom. The molecule has 0 aliphatic rings. The van der Waals surface area contributed by atoms with Crippen LogP contribution in [0.3, 0.4) is 0 Å². The smallest absolute Gasteiger partial charge is 0.532 e. The molecule has 0 fully saturated rings. The predicted molar refractivity (Wildman–Crippen MR) is 21.2 cm³/mol. The molecular formula is C3H7NOW.